The third-order valence-corrected chi connectivity index (χ3v) is 4.86. The number of amides is 1. The highest BCUT2D eigenvalue weighted by Gasteiger charge is 2.26. The minimum atomic E-state index is -0.208. The van der Waals surface area contributed by atoms with Gasteiger partial charge in [0, 0.05) is 30.2 Å². The van der Waals surface area contributed by atoms with E-state index in [1.165, 1.54) is 0 Å². The SMILES string of the molecule is Cc1oc(NC(=O)CN2CCO[C@@H](c3nccs3)C2)c(C#N)c1C. The molecule has 0 aliphatic carbocycles. The Morgan fingerprint density at radius 1 is 1.58 bits per heavy atom. The summed E-state index contributed by atoms with van der Waals surface area (Å²) in [6, 6.07) is 2.07. The average Bonchev–Trinajstić information content (AvgIpc) is 3.17. The van der Waals surface area contributed by atoms with E-state index < -0.39 is 0 Å². The van der Waals surface area contributed by atoms with Gasteiger partial charge in [-0.2, -0.15) is 5.26 Å². The van der Waals surface area contributed by atoms with Crippen molar-refractivity contribution in [1.82, 2.24) is 9.88 Å². The van der Waals surface area contributed by atoms with Crippen molar-refractivity contribution in [3.63, 3.8) is 0 Å². The fourth-order valence-corrected chi connectivity index (χ4v) is 3.29. The molecule has 3 heterocycles. The number of furan rings is 1. The molecular weight excluding hydrogens is 328 g/mol. The number of rotatable bonds is 4. The molecule has 2 aromatic rings. The van der Waals surface area contributed by atoms with Crippen LogP contribution in [0, 0.1) is 25.2 Å². The Hall–Kier alpha value is -2.21. The van der Waals surface area contributed by atoms with Gasteiger partial charge in [0.2, 0.25) is 11.8 Å². The summed E-state index contributed by atoms with van der Waals surface area (Å²) in [5.74, 6) is 0.652. The number of carbonyl (C=O) groups is 1. The summed E-state index contributed by atoms with van der Waals surface area (Å²) in [6.07, 6.45) is 1.65. The number of aryl methyl sites for hydroxylation is 1. The van der Waals surface area contributed by atoms with Gasteiger partial charge in [-0.25, -0.2) is 4.98 Å². The molecule has 7 nitrogen and oxygen atoms in total. The van der Waals surface area contributed by atoms with Crippen molar-refractivity contribution in [3.05, 3.63) is 33.5 Å². The molecule has 1 saturated heterocycles. The predicted octanol–water partition coefficient (Wildman–Crippen LogP) is 2.24. The van der Waals surface area contributed by atoms with Gasteiger partial charge in [0.25, 0.3) is 0 Å². The lowest BCUT2D eigenvalue weighted by Crippen LogP contribution is -2.42. The second-order valence-corrected chi connectivity index (χ2v) is 6.54. The Bertz CT molecular complexity index is 763. The van der Waals surface area contributed by atoms with E-state index in [0.29, 0.717) is 31.0 Å². The molecule has 3 rings (SSSR count). The monoisotopic (exact) mass is 346 g/mol. The van der Waals surface area contributed by atoms with Crippen molar-refractivity contribution >= 4 is 23.1 Å². The van der Waals surface area contributed by atoms with Gasteiger partial charge >= 0.3 is 0 Å². The van der Waals surface area contributed by atoms with Crippen LogP contribution in [0.1, 0.15) is 28.0 Å². The van der Waals surface area contributed by atoms with Crippen molar-refractivity contribution < 1.29 is 13.9 Å². The molecule has 1 N–H and O–H groups in total. The lowest BCUT2D eigenvalue weighted by atomic mass is 10.2. The largest absolute Gasteiger partial charge is 0.444 e. The van der Waals surface area contributed by atoms with Crippen molar-refractivity contribution in [2.45, 2.75) is 20.0 Å². The molecule has 8 heteroatoms. The number of thiazole rings is 1. The first-order valence-corrected chi connectivity index (χ1v) is 8.49. The maximum Gasteiger partial charge on any atom is 0.240 e. The van der Waals surface area contributed by atoms with E-state index >= 15 is 0 Å². The second-order valence-electron chi connectivity index (χ2n) is 5.61. The van der Waals surface area contributed by atoms with E-state index in [1.807, 2.05) is 10.3 Å². The number of aromatic nitrogens is 1. The molecule has 1 atom stereocenters. The molecule has 0 saturated carbocycles. The van der Waals surface area contributed by atoms with Crippen LogP contribution < -0.4 is 5.32 Å². The first-order valence-electron chi connectivity index (χ1n) is 7.61. The maximum atomic E-state index is 12.3. The number of anilines is 1. The normalized spacial score (nSPS) is 18.3. The summed E-state index contributed by atoms with van der Waals surface area (Å²) < 4.78 is 11.2. The number of hydrogen-bond acceptors (Lipinski definition) is 7. The quantitative estimate of drug-likeness (QED) is 0.913. The van der Waals surface area contributed by atoms with E-state index in [0.717, 1.165) is 10.6 Å². The van der Waals surface area contributed by atoms with Crippen molar-refractivity contribution in [3.8, 4) is 6.07 Å². The molecule has 1 fully saturated rings. The van der Waals surface area contributed by atoms with Crippen LogP contribution in [0.2, 0.25) is 0 Å². The zero-order valence-electron chi connectivity index (χ0n) is 13.5. The van der Waals surface area contributed by atoms with Gasteiger partial charge in [0.15, 0.2) is 0 Å². The molecule has 1 aliphatic heterocycles. The van der Waals surface area contributed by atoms with Crippen molar-refractivity contribution in [2.75, 3.05) is 31.6 Å². The summed E-state index contributed by atoms with van der Waals surface area (Å²) >= 11 is 1.55. The molecule has 0 spiro atoms. The Labute approximate surface area is 143 Å². The van der Waals surface area contributed by atoms with Crippen LogP contribution in [-0.4, -0.2) is 42.0 Å². The predicted molar refractivity (Wildman–Crippen MR) is 88.8 cm³/mol. The number of ether oxygens (including phenoxy) is 1. The first kappa shape index (κ1) is 16.6. The Morgan fingerprint density at radius 3 is 3.12 bits per heavy atom. The molecule has 0 unspecified atom stereocenters. The summed E-state index contributed by atoms with van der Waals surface area (Å²) in [7, 11) is 0. The maximum absolute atomic E-state index is 12.3. The minimum Gasteiger partial charge on any atom is -0.444 e. The van der Waals surface area contributed by atoms with Gasteiger partial charge in [-0.1, -0.05) is 0 Å². The summed E-state index contributed by atoms with van der Waals surface area (Å²) in [5, 5.41) is 14.7. The van der Waals surface area contributed by atoms with Gasteiger partial charge in [-0.05, 0) is 13.8 Å². The topological polar surface area (TPSA) is 91.4 Å². The van der Waals surface area contributed by atoms with Crippen molar-refractivity contribution in [2.24, 2.45) is 0 Å². The molecule has 1 amide bonds. The van der Waals surface area contributed by atoms with E-state index in [1.54, 1.807) is 31.4 Å². The molecule has 24 heavy (non-hydrogen) atoms. The zero-order valence-corrected chi connectivity index (χ0v) is 14.4. The van der Waals surface area contributed by atoms with E-state index in [-0.39, 0.29) is 24.4 Å². The van der Waals surface area contributed by atoms with Gasteiger partial charge in [0.05, 0.1) is 13.2 Å². The summed E-state index contributed by atoms with van der Waals surface area (Å²) in [6.45, 7) is 5.63. The van der Waals surface area contributed by atoms with Gasteiger partial charge in [-0.3, -0.25) is 15.0 Å². The van der Waals surface area contributed by atoms with E-state index in [9.17, 15) is 10.1 Å². The molecule has 0 bridgehead atoms. The Kier molecular flexibility index (Phi) is 4.94. The summed E-state index contributed by atoms with van der Waals surface area (Å²) in [4.78, 5) is 18.6. The first-order chi connectivity index (χ1) is 11.6. The van der Waals surface area contributed by atoms with Crippen molar-refractivity contribution in [1.29, 1.82) is 5.26 Å². The van der Waals surface area contributed by atoms with Gasteiger partial charge in [-0.15, -0.1) is 11.3 Å². The Morgan fingerprint density at radius 2 is 2.42 bits per heavy atom. The van der Waals surface area contributed by atoms with Crippen LogP contribution in [0.15, 0.2) is 16.0 Å². The Balaban J connectivity index is 1.61. The molecule has 126 valence electrons. The number of carbonyl (C=O) groups excluding carboxylic acids is 1. The second kappa shape index (κ2) is 7.13. The van der Waals surface area contributed by atoms with Crippen LogP contribution in [0.4, 0.5) is 5.88 Å². The minimum absolute atomic E-state index is 0.102. The number of nitrogens with zero attached hydrogens (tertiary/aromatic N) is 3. The number of nitriles is 1. The third kappa shape index (κ3) is 3.48. The van der Waals surface area contributed by atoms with Crippen LogP contribution in [0.25, 0.3) is 0 Å². The molecular formula is C16H18N4O3S. The zero-order chi connectivity index (χ0) is 17.1. The lowest BCUT2D eigenvalue weighted by Gasteiger charge is -2.31. The van der Waals surface area contributed by atoms with Gasteiger partial charge < -0.3 is 9.15 Å². The fraction of sp³-hybridized carbons (Fsp3) is 0.438. The molecule has 0 radical (unpaired) electrons. The number of hydrogen-bond donors (Lipinski definition) is 1. The lowest BCUT2D eigenvalue weighted by molar-refractivity contribution is -0.119. The van der Waals surface area contributed by atoms with E-state index in [4.69, 9.17) is 9.15 Å². The highest BCUT2D eigenvalue weighted by atomic mass is 32.1. The highest BCUT2D eigenvalue weighted by Crippen LogP contribution is 2.26. The summed E-state index contributed by atoms with van der Waals surface area (Å²) in [5.41, 5.74) is 1.13. The molecule has 2 aromatic heterocycles. The smallest absolute Gasteiger partial charge is 0.240 e. The fourth-order valence-electron chi connectivity index (χ4n) is 2.61. The van der Waals surface area contributed by atoms with E-state index in [2.05, 4.69) is 16.4 Å². The van der Waals surface area contributed by atoms with Crippen LogP contribution in [0.5, 0.6) is 0 Å². The number of nitrogens with one attached hydrogen (secondary N) is 1. The highest BCUT2D eigenvalue weighted by molar-refractivity contribution is 7.09. The standard InChI is InChI=1S/C16H18N4O3S/c1-10-11(2)23-15(12(10)7-17)19-14(21)9-20-4-5-22-13(8-20)16-18-3-6-24-16/h3,6,13H,4-5,8-9H2,1-2H3,(H,19,21)/t13-/m1/s1. The average molecular weight is 346 g/mol. The van der Waals surface area contributed by atoms with Gasteiger partial charge in [0.1, 0.15) is 28.5 Å². The third-order valence-electron chi connectivity index (χ3n) is 3.99. The number of morpholine rings is 1. The molecule has 1 aliphatic rings. The van der Waals surface area contributed by atoms with Crippen LogP contribution in [-0.2, 0) is 9.53 Å². The molecule has 0 aromatic carbocycles. The van der Waals surface area contributed by atoms with Crippen LogP contribution >= 0.6 is 11.3 Å². The van der Waals surface area contributed by atoms with Crippen LogP contribution in [0.3, 0.4) is 0 Å².